The standard InChI is InChI=1S/C7H8Cl2S/c8-5-1-2-6-3-4-7(9)10-6/h3-4H,1-2,5H2. The average Bonchev–Trinajstić information content (AvgIpc) is 2.31. The summed E-state index contributed by atoms with van der Waals surface area (Å²) in [5.41, 5.74) is 0. The number of aryl methyl sites for hydroxylation is 1. The number of halogens is 2. The Bertz CT molecular complexity index is 195. The lowest BCUT2D eigenvalue weighted by Crippen LogP contribution is -1.79. The first kappa shape index (κ1) is 8.38. The van der Waals surface area contributed by atoms with Crippen molar-refractivity contribution < 1.29 is 0 Å². The highest BCUT2D eigenvalue weighted by Crippen LogP contribution is 2.22. The van der Waals surface area contributed by atoms with Gasteiger partial charge in [-0.1, -0.05) is 11.6 Å². The van der Waals surface area contributed by atoms with E-state index in [0.717, 1.165) is 23.1 Å². The summed E-state index contributed by atoms with van der Waals surface area (Å²) in [6.07, 6.45) is 2.10. The van der Waals surface area contributed by atoms with Crippen LogP contribution in [0.3, 0.4) is 0 Å². The van der Waals surface area contributed by atoms with Gasteiger partial charge in [-0.25, -0.2) is 0 Å². The van der Waals surface area contributed by atoms with Gasteiger partial charge in [0.25, 0.3) is 0 Å². The van der Waals surface area contributed by atoms with Crippen molar-refractivity contribution in [2.24, 2.45) is 0 Å². The number of alkyl halides is 1. The second-order valence-corrected chi connectivity index (χ2v) is 4.18. The van der Waals surface area contributed by atoms with Crippen molar-refractivity contribution in [1.82, 2.24) is 0 Å². The van der Waals surface area contributed by atoms with Gasteiger partial charge in [0.2, 0.25) is 0 Å². The molecule has 0 spiro atoms. The lowest BCUT2D eigenvalue weighted by Gasteiger charge is -1.89. The summed E-state index contributed by atoms with van der Waals surface area (Å²) in [5, 5.41) is 0. The van der Waals surface area contributed by atoms with Crippen LogP contribution >= 0.6 is 34.5 Å². The Kier molecular flexibility index (Phi) is 3.53. The van der Waals surface area contributed by atoms with Gasteiger partial charge in [-0.3, -0.25) is 0 Å². The zero-order chi connectivity index (χ0) is 7.40. The Morgan fingerprint density at radius 3 is 2.70 bits per heavy atom. The smallest absolute Gasteiger partial charge is 0.0931 e. The highest BCUT2D eigenvalue weighted by Gasteiger charge is 1.95. The predicted octanol–water partition coefficient (Wildman–Crippen LogP) is 3.57. The molecule has 0 nitrogen and oxygen atoms in total. The van der Waals surface area contributed by atoms with Gasteiger partial charge in [0.15, 0.2) is 0 Å². The van der Waals surface area contributed by atoms with Crippen molar-refractivity contribution in [3.05, 3.63) is 21.3 Å². The molecule has 0 N–H and O–H groups in total. The molecule has 10 heavy (non-hydrogen) atoms. The van der Waals surface area contributed by atoms with Crippen LogP contribution in [0.2, 0.25) is 4.34 Å². The summed E-state index contributed by atoms with van der Waals surface area (Å²) < 4.78 is 0.865. The Labute approximate surface area is 74.8 Å². The molecule has 1 aromatic rings. The van der Waals surface area contributed by atoms with E-state index in [4.69, 9.17) is 23.2 Å². The second kappa shape index (κ2) is 4.22. The summed E-state index contributed by atoms with van der Waals surface area (Å²) in [6, 6.07) is 3.98. The fourth-order valence-electron chi connectivity index (χ4n) is 0.727. The minimum Gasteiger partial charge on any atom is -0.128 e. The predicted molar refractivity (Wildman–Crippen MR) is 48.4 cm³/mol. The molecular formula is C7H8Cl2S. The minimum absolute atomic E-state index is 0.732. The molecule has 0 saturated heterocycles. The van der Waals surface area contributed by atoms with E-state index in [2.05, 4.69) is 6.07 Å². The van der Waals surface area contributed by atoms with E-state index < -0.39 is 0 Å². The highest BCUT2D eigenvalue weighted by atomic mass is 35.5. The van der Waals surface area contributed by atoms with E-state index in [9.17, 15) is 0 Å². The van der Waals surface area contributed by atoms with Crippen molar-refractivity contribution in [2.75, 3.05) is 5.88 Å². The molecule has 1 heterocycles. The molecule has 0 aromatic carbocycles. The first-order valence-corrected chi connectivity index (χ1v) is 4.86. The molecule has 0 aliphatic heterocycles. The van der Waals surface area contributed by atoms with Crippen molar-refractivity contribution >= 4 is 34.5 Å². The van der Waals surface area contributed by atoms with Crippen molar-refractivity contribution in [3.8, 4) is 0 Å². The molecular weight excluding hydrogens is 187 g/mol. The van der Waals surface area contributed by atoms with Gasteiger partial charge in [0.1, 0.15) is 0 Å². The third-order valence-electron chi connectivity index (χ3n) is 1.19. The number of thiophene rings is 1. The van der Waals surface area contributed by atoms with Gasteiger partial charge >= 0.3 is 0 Å². The number of hydrogen-bond acceptors (Lipinski definition) is 1. The maximum absolute atomic E-state index is 5.72. The van der Waals surface area contributed by atoms with Crippen LogP contribution in [0, 0.1) is 0 Å². The van der Waals surface area contributed by atoms with Crippen molar-refractivity contribution in [1.29, 1.82) is 0 Å². The largest absolute Gasteiger partial charge is 0.128 e. The van der Waals surface area contributed by atoms with Crippen LogP contribution in [0.4, 0.5) is 0 Å². The Morgan fingerprint density at radius 1 is 1.40 bits per heavy atom. The van der Waals surface area contributed by atoms with Gasteiger partial charge in [0.05, 0.1) is 4.34 Å². The SMILES string of the molecule is ClCCCc1ccc(Cl)s1. The Morgan fingerprint density at radius 2 is 2.20 bits per heavy atom. The van der Waals surface area contributed by atoms with Gasteiger partial charge in [0, 0.05) is 10.8 Å². The van der Waals surface area contributed by atoms with E-state index in [1.165, 1.54) is 4.88 Å². The quantitative estimate of drug-likeness (QED) is 0.646. The lowest BCUT2D eigenvalue weighted by atomic mass is 10.3. The fraction of sp³-hybridized carbons (Fsp3) is 0.429. The van der Waals surface area contributed by atoms with Crippen LogP contribution in [0.25, 0.3) is 0 Å². The second-order valence-electron chi connectivity index (χ2n) is 2.00. The topological polar surface area (TPSA) is 0 Å². The Hall–Kier alpha value is 0.280. The first-order chi connectivity index (χ1) is 4.83. The van der Waals surface area contributed by atoms with Gasteiger partial charge in [-0.2, -0.15) is 0 Å². The molecule has 0 aliphatic carbocycles. The molecule has 0 unspecified atom stereocenters. The monoisotopic (exact) mass is 194 g/mol. The van der Waals surface area contributed by atoms with Crippen LogP contribution in [0.1, 0.15) is 11.3 Å². The zero-order valence-electron chi connectivity index (χ0n) is 5.44. The average molecular weight is 195 g/mol. The Balaban J connectivity index is 2.42. The van der Waals surface area contributed by atoms with Crippen LogP contribution in [0.5, 0.6) is 0 Å². The molecule has 56 valence electrons. The highest BCUT2D eigenvalue weighted by molar-refractivity contribution is 7.16. The van der Waals surface area contributed by atoms with E-state index >= 15 is 0 Å². The maximum Gasteiger partial charge on any atom is 0.0931 e. The number of rotatable bonds is 3. The third-order valence-corrected chi connectivity index (χ3v) is 2.74. The van der Waals surface area contributed by atoms with Crippen LogP contribution < -0.4 is 0 Å². The summed E-state index contributed by atoms with van der Waals surface area (Å²) in [5.74, 6) is 0.732. The maximum atomic E-state index is 5.72. The first-order valence-electron chi connectivity index (χ1n) is 3.13. The number of hydrogen-bond donors (Lipinski definition) is 0. The van der Waals surface area contributed by atoms with Gasteiger partial charge < -0.3 is 0 Å². The van der Waals surface area contributed by atoms with Crippen LogP contribution in [-0.4, -0.2) is 5.88 Å². The van der Waals surface area contributed by atoms with Crippen LogP contribution in [0.15, 0.2) is 12.1 Å². The van der Waals surface area contributed by atoms with Gasteiger partial charge in [-0.05, 0) is 25.0 Å². The molecule has 0 amide bonds. The van der Waals surface area contributed by atoms with Gasteiger partial charge in [-0.15, -0.1) is 22.9 Å². The van der Waals surface area contributed by atoms with Crippen molar-refractivity contribution in [3.63, 3.8) is 0 Å². The summed E-state index contributed by atoms with van der Waals surface area (Å²) >= 11 is 12.9. The fourth-order valence-corrected chi connectivity index (χ4v) is 1.99. The third kappa shape index (κ3) is 2.49. The normalized spacial score (nSPS) is 10.2. The molecule has 0 radical (unpaired) electrons. The van der Waals surface area contributed by atoms with E-state index in [-0.39, 0.29) is 0 Å². The summed E-state index contributed by atoms with van der Waals surface area (Å²) in [6.45, 7) is 0. The molecule has 0 fully saturated rings. The molecule has 3 heteroatoms. The molecule has 0 saturated carbocycles. The van der Waals surface area contributed by atoms with Crippen LogP contribution in [-0.2, 0) is 6.42 Å². The van der Waals surface area contributed by atoms with E-state index in [1.54, 1.807) is 11.3 Å². The molecule has 1 rings (SSSR count). The molecule has 1 aromatic heterocycles. The molecule has 0 aliphatic rings. The molecule has 0 atom stereocenters. The zero-order valence-corrected chi connectivity index (χ0v) is 7.77. The summed E-state index contributed by atoms with van der Waals surface area (Å²) in [7, 11) is 0. The minimum atomic E-state index is 0.732. The summed E-state index contributed by atoms with van der Waals surface area (Å²) in [4.78, 5) is 1.32. The van der Waals surface area contributed by atoms with E-state index in [0.29, 0.717) is 0 Å². The molecule has 0 bridgehead atoms. The lowest BCUT2D eigenvalue weighted by molar-refractivity contribution is 0.947. The van der Waals surface area contributed by atoms with Crippen molar-refractivity contribution in [2.45, 2.75) is 12.8 Å². The van der Waals surface area contributed by atoms with E-state index in [1.807, 2.05) is 6.07 Å².